The van der Waals surface area contributed by atoms with Gasteiger partial charge in [0.25, 0.3) is 0 Å². The number of nitrogens with zero attached hydrogens (tertiary/aromatic N) is 2. The summed E-state index contributed by atoms with van der Waals surface area (Å²) >= 11 is 0. The molecule has 0 bridgehead atoms. The summed E-state index contributed by atoms with van der Waals surface area (Å²) in [6, 6.07) is 4.20. The van der Waals surface area contributed by atoms with Crippen LogP contribution in [0, 0.1) is 0 Å². The second kappa shape index (κ2) is 7.04. The minimum atomic E-state index is -0.00365. The van der Waals surface area contributed by atoms with Gasteiger partial charge in [-0.25, -0.2) is 0 Å². The highest BCUT2D eigenvalue weighted by atomic mass is 16.5. The molecule has 1 atom stereocenters. The van der Waals surface area contributed by atoms with Gasteiger partial charge >= 0.3 is 0 Å². The van der Waals surface area contributed by atoms with Crippen LogP contribution in [0.1, 0.15) is 38.8 Å². The van der Waals surface area contributed by atoms with Crippen LogP contribution < -0.4 is 5.32 Å². The lowest BCUT2D eigenvalue weighted by Crippen LogP contribution is -2.46. The number of rotatable bonds is 6. The third kappa shape index (κ3) is 4.18. The van der Waals surface area contributed by atoms with E-state index in [1.807, 2.05) is 19.4 Å². The molecule has 4 nitrogen and oxygen atoms in total. The molecule has 1 aromatic rings. The van der Waals surface area contributed by atoms with Gasteiger partial charge in [-0.05, 0) is 44.9 Å². The molecule has 1 saturated heterocycles. The zero-order valence-corrected chi connectivity index (χ0v) is 13.0. The van der Waals surface area contributed by atoms with Crippen molar-refractivity contribution in [3.63, 3.8) is 0 Å². The number of piperidine rings is 1. The van der Waals surface area contributed by atoms with Crippen LogP contribution in [-0.4, -0.2) is 42.2 Å². The maximum Gasteiger partial charge on any atom is 0.0777 e. The zero-order chi connectivity index (χ0) is 14.4. The van der Waals surface area contributed by atoms with E-state index in [1.54, 1.807) is 0 Å². The van der Waals surface area contributed by atoms with Crippen molar-refractivity contribution in [3.05, 3.63) is 24.0 Å². The molecule has 0 amide bonds. The van der Waals surface area contributed by atoms with Gasteiger partial charge in [-0.2, -0.15) is 0 Å². The molecular formula is C16H27N3O. The summed E-state index contributed by atoms with van der Waals surface area (Å²) < 4.78 is 5.65. The van der Waals surface area contributed by atoms with Crippen molar-refractivity contribution in [1.82, 2.24) is 9.88 Å². The highest BCUT2D eigenvalue weighted by Crippen LogP contribution is 2.25. The van der Waals surface area contributed by atoms with E-state index in [0.717, 1.165) is 44.7 Å². The SMILES string of the molecule is CCCNc1ccnc(CN2CCCC(C)(OC)C2)c1. The van der Waals surface area contributed by atoms with Gasteiger partial charge in [0.15, 0.2) is 0 Å². The molecule has 2 rings (SSSR count). The van der Waals surface area contributed by atoms with Gasteiger partial charge in [0.05, 0.1) is 11.3 Å². The molecule has 0 radical (unpaired) electrons. The Kier molecular flexibility index (Phi) is 5.38. The molecule has 1 fully saturated rings. The van der Waals surface area contributed by atoms with Crippen molar-refractivity contribution < 1.29 is 4.74 Å². The van der Waals surface area contributed by atoms with Crippen molar-refractivity contribution in [2.24, 2.45) is 0 Å². The average Bonchev–Trinajstić information content (AvgIpc) is 2.46. The quantitative estimate of drug-likeness (QED) is 0.867. The van der Waals surface area contributed by atoms with E-state index in [0.29, 0.717) is 0 Å². The number of nitrogens with one attached hydrogen (secondary N) is 1. The fraction of sp³-hybridized carbons (Fsp3) is 0.688. The molecule has 1 N–H and O–H groups in total. The predicted molar refractivity (Wildman–Crippen MR) is 82.9 cm³/mol. The Morgan fingerprint density at radius 2 is 2.35 bits per heavy atom. The highest BCUT2D eigenvalue weighted by molar-refractivity contribution is 5.43. The number of anilines is 1. The zero-order valence-electron chi connectivity index (χ0n) is 13.0. The van der Waals surface area contributed by atoms with Gasteiger partial charge in [0.2, 0.25) is 0 Å². The van der Waals surface area contributed by atoms with Crippen LogP contribution in [0.3, 0.4) is 0 Å². The molecule has 1 unspecified atom stereocenters. The highest BCUT2D eigenvalue weighted by Gasteiger charge is 2.30. The van der Waals surface area contributed by atoms with E-state index < -0.39 is 0 Å². The Bertz CT molecular complexity index is 424. The predicted octanol–water partition coefficient (Wildman–Crippen LogP) is 2.90. The number of hydrogen-bond donors (Lipinski definition) is 1. The maximum atomic E-state index is 5.65. The molecule has 2 heterocycles. The number of pyridine rings is 1. The second-order valence-corrected chi connectivity index (χ2v) is 5.93. The Balaban J connectivity index is 1.95. The van der Waals surface area contributed by atoms with Crippen molar-refractivity contribution in [3.8, 4) is 0 Å². The Hall–Kier alpha value is -1.13. The molecule has 0 spiro atoms. The first-order valence-electron chi connectivity index (χ1n) is 7.61. The standard InChI is InChI=1S/C16H27N3O/c1-4-8-17-14-6-9-18-15(11-14)12-19-10-5-7-16(2,13-19)20-3/h6,9,11H,4-5,7-8,10,12-13H2,1-3H3,(H,17,18). The minimum Gasteiger partial charge on any atom is -0.385 e. The van der Waals surface area contributed by atoms with Crippen molar-refractivity contribution >= 4 is 5.69 Å². The summed E-state index contributed by atoms with van der Waals surface area (Å²) in [5.41, 5.74) is 2.30. The molecule has 4 heteroatoms. The second-order valence-electron chi connectivity index (χ2n) is 5.93. The van der Waals surface area contributed by atoms with Crippen LogP contribution in [0.15, 0.2) is 18.3 Å². The molecule has 0 aromatic carbocycles. The Labute approximate surface area is 122 Å². The van der Waals surface area contributed by atoms with E-state index in [1.165, 1.54) is 12.1 Å². The summed E-state index contributed by atoms with van der Waals surface area (Å²) in [5, 5.41) is 3.42. The third-order valence-corrected chi connectivity index (χ3v) is 4.01. The molecule has 1 aromatic heterocycles. The number of likely N-dealkylation sites (tertiary alicyclic amines) is 1. The Morgan fingerprint density at radius 3 is 3.10 bits per heavy atom. The number of methoxy groups -OCH3 is 1. The van der Waals surface area contributed by atoms with Crippen LogP contribution in [0.25, 0.3) is 0 Å². The van der Waals surface area contributed by atoms with Crippen LogP contribution in [0.4, 0.5) is 5.69 Å². The van der Waals surface area contributed by atoms with Gasteiger partial charge in [-0.3, -0.25) is 9.88 Å². The number of ether oxygens (including phenoxy) is 1. The molecular weight excluding hydrogens is 250 g/mol. The van der Waals surface area contributed by atoms with E-state index in [-0.39, 0.29) is 5.60 Å². The number of aromatic nitrogens is 1. The topological polar surface area (TPSA) is 37.4 Å². The normalized spacial score (nSPS) is 23.8. The fourth-order valence-electron chi connectivity index (χ4n) is 2.78. The maximum absolute atomic E-state index is 5.65. The lowest BCUT2D eigenvalue weighted by Gasteiger charge is -2.39. The molecule has 0 saturated carbocycles. The van der Waals surface area contributed by atoms with Crippen LogP contribution in [0.5, 0.6) is 0 Å². The summed E-state index contributed by atoms with van der Waals surface area (Å²) in [6.07, 6.45) is 5.37. The molecule has 20 heavy (non-hydrogen) atoms. The van der Waals surface area contributed by atoms with Gasteiger partial charge in [-0.15, -0.1) is 0 Å². The van der Waals surface area contributed by atoms with Crippen LogP contribution >= 0.6 is 0 Å². The van der Waals surface area contributed by atoms with Crippen molar-refractivity contribution in [2.75, 3.05) is 32.1 Å². The molecule has 112 valence electrons. The molecule has 1 aliphatic heterocycles. The lowest BCUT2D eigenvalue weighted by molar-refractivity contribution is -0.0529. The fourth-order valence-corrected chi connectivity index (χ4v) is 2.78. The minimum absolute atomic E-state index is 0.00365. The smallest absolute Gasteiger partial charge is 0.0777 e. The summed E-state index contributed by atoms with van der Waals surface area (Å²) in [5.74, 6) is 0. The van der Waals surface area contributed by atoms with E-state index in [9.17, 15) is 0 Å². The van der Waals surface area contributed by atoms with Gasteiger partial charge in [0.1, 0.15) is 0 Å². The monoisotopic (exact) mass is 277 g/mol. The first-order valence-corrected chi connectivity index (χ1v) is 7.61. The van der Waals surface area contributed by atoms with Gasteiger partial charge < -0.3 is 10.1 Å². The van der Waals surface area contributed by atoms with E-state index in [2.05, 4.69) is 35.1 Å². The van der Waals surface area contributed by atoms with Crippen LogP contribution in [-0.2, 0) is 11.3 Å². The summed E-state index contributed by atoms with van der Waals surface area (Å²) in [7, 11) is 1.82. The summed E-state index contributed by atoms with van der Waals surface area (Å²) in [6.45, 7) is 8.40. The van der Waals surface area contributed by atoms with Gasteiger partial charge in [0, 0.05) is 38.6 Å². The lowest BCUT2D eigenvalue weighted by atomic mass is 9.94. The first-order chi connectivity index (χ1) is 9.65. The largest absolute Gasteiger partial charge is 0.385 e. The molecule has 1 aliphatic rings. The van der Waals surface area contributed by atoms with Gasteiger partial charge in [-0.1, -0.05) is 6.92 Å². The van der Waals surface area contributed by atoms with Crippen molar-refractivity contribution in [2.45, 2.75) is 45.3 Å². The Morgan fingerprint density at radius 1 is 1.50 bits per heavy atom. The van der Waals surface area contributed by atoms with Crippen molar-refractivity contribution in [1.29, 1.82) is 0 Å². The average molecular weight is 277 g/mol. The summed E-state index contributed by atoms with van der Waals surface area (Å²) in [4.78, 5) is 6.94. The first kappa shape index (κ1) is 15.3. The van der Waals surface area contributed by atoms with E-state index in [4.69, 9.17) is 4.74 Å². The third-order valence-electron chi connectivity index (χ3n) is 4.01. The molecule has 0 aliphatic carbocycles. The van der Waals surface area contributed by atoms with E-state index >= 15 is 0 Å². The number of hydrogen-bond acceptors (Lipinski definition) is 4. The van der Waals surface area contributed by atoms with Crippen LogP contribution in [0.2, 0.25) is 0 Å².